The van der Waals surface area contributed by atoms with Gasteiger partial charge in [-0.3, -0.25) is 0 Å². The number of carboxylic acid groups (broad SMARTS) is 1. The van der Waals surface area contributed by atoms with Gasteiger partial charge in [0.1, 0.15) is 6.61 Å². The summed E-state index contributed by atoms with van der Waals surface area (Å²) in [4.78, 5) is 9.52. The van der Waals surface area contributed by atoms with Gasteiger partial charge in [-0.1, -0.05) is 15.9 Å². The quantitative estimate of drug-likeness (QED) is 0.496. The third-order valence-corrected chi connectivity index (χ3v) is 0.626. The molecule has 3 nitrogen and oxygen atoms in total. The number of rotatable bonds is 2. The molecular weight excluding hydrogens is 164 g/mol. The first-order valence-electron chi connectivity index (χ1n) is 1.69. The van der Waals surface area contributed by atoms with Crippen molar-refractivity contribution in [2.75, 3.05) is 11.9 Å². The average Bonchev–Trinajstić information content (AvgIpc) is 1.61. The standard InChI is InChI=1S/C3H5BrO3/c4-1-2-7-3(5)6/h1-2H2,(H,5,6). The largest absolute Gasteiger partial charge is 0.505 e. The van der Waals surface area contributed by atoms with E-state index in [1.807, 2.05) is 0 Å². The maximum Gasteiger partial charge on any atom is 0.505 e. The van der Waals surface area contributed by atoms with Crippen molar-refractivity contribution in [3.8, 4) is 0 Å². The predicted octanol–water partition coefficient (Wildman–Crippen LogP) is 1.08. The topological polar surface area (TPSA) is 46.5 Å². The molecule has 0 atom stereocenters. The van der Waals surface area contributed by atoms with Crippen molar-refractivity contribution in [1.82, 2.24) is 0 Å². The lowest BCUT2D eigenvalue weighted by Gasteiger charge is -1.90. The second-order valence-corrected chi connectivity index (χ2v) is 1.60. The molecule has 0 saturated heterocycles. The second-order valence-electron chi connectivity index (χ2n) is 0.803. The lowest BCUT2D eigenvalue weighted by atomic mass is 10.9. The van der Waals surface area contributed by atoms with Crippen LogP contribution in [0.1, 0.15) is 0 Å². The maximum absolute atomic E-state index is 9.52. The van der Waals surface area contributed by atoms with Gasteiger partial charge in [0.05, 0.1) is 0 Å². The van der Waals surface area contributed by atoms with E-state index in [-0.39, 0.29) is 6.61 Å². The highest BCUT2D eigenvalue weighted by molar-refractivity contribution is 9.09. The van der Waals surface area contributed by atoms with Crippen molar-refractivity contribution in [1.29, 1.82) is 0 Å². The molecule has 0 aromatic carbocycles. The molecule has 0 amide bonds. The van der Waals surface area contributed by atoms with Gasteiger partial charge in [0, 0.05) is 5.33 Å². The van der Waals surface area contributed by atoms with Gasteiger partial charge < -0.3 is 9.84 Å². The number of hydrogen-bond donors (Lipinski definition) is 1. The number of halogens is 1. The molecule has 0 aromatic rings. The van der Waals surface area contributed by atoms with Crippen molar-refractivity contribution in [2.24, 2.45) is 0 Å². The summed E-state index contributed by atoms with van der Waals surface area (Å²) in [6, 6.07) is 0. The van der Waals surface area contributed by atoms with E-state index in [4.69, 9.17) is 5.11 Å². The van der Waals surface area contributed by atoms with E-state index >= 15 is 0 Å². The van der Waals surface area contributed by atoms with Crippen molar-refractivity contribution in [2.45, 2.75) is 0 Å². The van der Waals surface area contributed by atoms with Crippen LogP contribution in [-0.2, 0) is 4.74 Å². The van der Waals surface area contributed by atoms with Crippen molar-refractivity contribution >= 4 is 22.1 Å². The SMILES string of the molecule is O=C(O)OCCBr. The molecule has 0 aromatic heterocycles. The fourth-order valence-corrected chi connectivity index (χ4v) is 0.288. The zero-order valence-electron chi connectivity index (χ0n) is 3.56. The van der Waals surface area contributed by atoms with E-state index in [1.54, 1.807) is 0 Å². The molecule has 0 fully saturated rings. The summed E-state index contributed by atoms with van der Waals surface area (Å²) in [5, 5.41) is 8.36. The fraction of sp³-hybridized carbons (Fsp3) is 0.667. The smallest absolute Gasteiger partial charge is 0.450 e. The van der Waals surface area contributed by atoms with Gasteiger partial charge in [0.2, 0.25) is 0 Å². The molecule has 0 unspecified atom stereocenters. The van der Waals surface area contributed by atoms with Gasteiger partial charge in [-0.25, -0.2) is 4.79 Å². The Morgan fingerprint density at radius 1 is 1.86 bits per heavy atom. The van der Waals surface area contributed by atoms with Crippen LogP contribution in [-0.4, -0.2) is 23.2 Å². The Labute approximate surface area is 49.4 Å². The highest BCUT2D eigenvalue weighted by Crippen LogP contribution is 1.80. The fourth-order valence-electron chi connectivity index (χ4n) is 0.126. The van der Waals surface area contributed by atoms with Crippen LogP contribution in [0, 0.1) is 0 Å². The van der Waals surface area contributed by atoms with Gasteiger partial charge in [0.15, 0.2) is 0 Å². The van der Waals surface area contributed by atoms with Crippen LogP contribution in [0.25, 0.3) is 0 Å². The molecular formula is C3H5BrO3. The minimum Gasteiger partial charge on any atom is -0.450 e. The third-order valence-electron chi connectivity index (χ3n) is 0.303. The molecule has 1 N–H and O–H groups in total. The normalized spacial score (nSPS) is 8.14. The van der Waals surface area contributed by atoms with Gasteiger partial charge in [-0.05, 0) is 0 Å². The molecule has 7 heavy (non-hydrogen) atoms. The van der Waals surface area contributed by atoms with E-state index in [0.29, 0.717) is 5.33 Å². The molecule has 0 heterocycles. The first-order chi connectivity index (χ1) is 3.27. The highest BCUT2D eigenvalue weighted by Gasteiger charge is 1.90. The van der Waals surface area contributed by atoms with E-state index in [0.717, 1.165) is 0 Å². The van der Waals surface area contributed by atoms with Crippen LogP contribution in [0.4, 0.5) is 4.79 Å². The Kier molecular flexibility index (Phi) is 3.78. The predicted molar refractivity (Wildman–Crippen MR) is 27.8 cm³/mol. The minimum absolute atomic E-state index is 0.218. The van der Waals surface area contributed by atoms with Gasteiger partial charge >= 0.3 is 6.16 Å². The Bertz CT molecular complexity index is 63.2. The Morgan fingerprint density at radius 3 is 2.57 bits per heavy atom. The molecule has 0 bridgehead atoms. The highest BCUT2D eigenvalue weighted by atomic mass is 79.9. The summed E-state index contributed by atoms with van der Waals surface area (Å²) in [7, 11) is 0. The lowest BCUT2D eigenvalue weighted by molar-refractivity contribution is 0.0977. The Hall–Kier alpha value is -0.250. The van der Waals surface area contributed by atoms with Crippen molar-refractivity contribution in [3.05, 3.63) is 0 Å². The number of alkyl halides is 1. The lowest BCUT2D eigenvalue weighted by Crippen LogP contribution is -2.01. The zero-order chi connectivity index (χ0) is 5.70. The maximum atomic E-state index is 9.52. The number of ether oxygens (including phenoxy) is 1. The molecule has 0 saturated carbocycles. The average molecular weight is 169 g/mol. The van der Waals surface area contributed by atoms with Crippen LogP contribution in [0.3, 0.4) is 0 Å². The first-order valence-corrected chi connectivity index (χ1v) is 2.81. The van der Waals surface area contributed by atoms with Gasteiger partial charge in [0.25, 0.3) is 0 Å². The molecule has 0 rings (SSSR count). The molecule has 0 aliphatic rings. The molecule has 42 valence electrons. The summed E-state index contributed by atoms with van der Waals surface area (Å²) < 4.78 is 4.06. The third kappa shape index (κ3) is 5.75. The second kappa shape index (κ2) is 3.92. The molecule has 0 radical (unpaired) electrons. The van der Waals surface area contributed by atoms with Crippen LogP contribution >= 0.6 is 15.9 Å². The first kappa shape index (κ1) is 6.75. The van der Waals surface area contributed by atoms with E-state index in [2.05, 4.69) is 20.7 Å². The number of hydrogen-bond acceptors (Lipinski definition) is 2. The number of carbonyl (C=O) groups is 1. The van der Waals surface area contributed by atoms with E-state index < -0.39 is 6.16 Å². The summed E-state index contributed by atoms with van der Waals surface area (Å²) >= 11 is 2.99. The van der Waals surface area contributed by atoms with E-state index in [9.17, 15) is 4.79 Å². The van der Waals surface area contributed by atoms with Crippen molar-refractivity contribution < 1.29 is 14.6 Å². The van der Waals surface area contributed by atoms with E-state index in [1.165, 1.54) is 0 Å². The zero-order valence-corrected chi connectivity index (χ0v) is 5.14. The molecule has 0 aliphatic carbocycles. The van der Waals surface area contributed by atoms with Crippen LogP contribution in [0.5, 0.6) is 0 Å². The minimum atomic E-state index is -1.22. The Balaban J connectivity index is 2.82. The summed E-state index contributed by atoms with van der Waals surface area (Å²) in [5.41, 5.74) is 0. The summed E-state index contributed by atoms with van der Waals surface area (Å²) in [6.07, 6.45) is -1.22. The summed E-state index contributed by atoms with van der Waals surface area (Å²) in [6.45, 7) is 0.218. The van der Waals surface area contributed by atoms with Crippen molar-refractivity contribution in [3.63, 3.8) is 0 Å². The van der Waals surface area contributed by atoms with Crippen LogP contribution in [0.2, 0.25) is 0 Å². The van der Waals surface area contributed by atoms with Gasteiger partial charge in [-0.15, -0.1) is 0 Å². The molecule has 0 spiro atoms. The van der Waals surface area contributed by atoms with Crippen LogP contribution < -0.4 is 0 Å². The molecule has 4 heteroatoms. The van der Waals surface area contributed by atoms with Crippen LogP contribution in [0.15, 0.2) is 0 Å². The Morgan fingerprint density at radius 2 is 2.43 bits per heavy atom. The van der Waals surface area contributed by atoms with Gasteiger partial charge in [-0.2, -0.15) is 0 Å². The monoisotopic (exact) mass is 168 g/mol. The summed E-state index contributed by atoms with van der Waals surface area (Å²) in [5.74, 6) is 0. The molecule has 0 aliphatic heterocycles.